The molecule has 1 fully saturated rings. The van der Waals surface area contributed by atoms with E-state index in [-0.39, 0.29) is 30.2 Å². The first kappa shape index (κ1) is 22.8. The number of carbonyl (C=O) groups excluding carboxylic acids is 2. The van der Waals surface area contributed by atoms with Crippen LogP contribution >= 0.6 is 0 Å². The minimum Gasteiger partial charge on any atom is -0.361 e. The number of aromatic amines is 1. The van der Waals surface area contributed by atoms with Gasteiger partial charge in [-0.3, -0.25) is 9.59 Å². The summed E-state index contributed by atoms with van der Waals surface area (Å²) < 4.78 is 13.5. The quantitative estimate of drug-likeness (QED) is 0.367. The van der Waals surface area contributed by atoms with Crippen LogP contribution in [0.3, 0.4) is 0 Å². The maximum absolute atomic E-state index is 13.6. The normalized spacial score (nSPS) is 13.1. The third-order valence-electron chi connectivity index (χ3n) is 6.54. The standard InChI is InChI=1S/C29H28FN3O2/c30-24-12-10-21(11-13-24)19-32(17-16-23-18-31-27-9-5-4-8-26(23)27)28(34)20-33(25-14-15-25)29(35)22-6-2-1-3-7-22/h1-13,18,25,31H,14-17,19-20H2. The number of nitrogens with one attached hydrogen (secondary N) is 1. The summed E-state index contributed by atoms with van der Waals surface area (Å²) in [6.07, 6.45) is 4.49. The summed E-state index contributed by atoms with van der Waals surface area (Å²) >= 11 is 0. The number of aromatic nitrogens is 1. The molecule has 5 nitrogen and oxygen atoms in total. The minimum absolute atomic E-state index is 0.0352. The van der Waals surface area contributed by atoms with E-state index in [2.05, 4.69) is 11.1 Å². The van der Waals surface area contributed by atoms with Crippen molar-refractivity contribution >= 4 is 22.7 Å². The molecular weight excluding hydrogens is 441 g/mol. The lowest BCUT2D eigenvalue weighted by Crippen LogP contribution is -2.44. The van der Waals surface area contributed by atoms with Gasteiger partial charge in [0.15, 0.2) is 0 Å². The van der Waals surface area contributed by atoms with Crippen LogP contribution in [0.25, 0.3) is 10.9 Å². The monoisotopic (exact) mass is 469 g/mol. The van der Waals surface area contributed by atoms with Crippen LogP contribution in [0.2, 0.25) is 0 Å². The Morgan fingerprint density at radius 2 is 1.63 bits per heavy atom. The molecule has 0 radical (unpaired) electrons. The Hall–Kier alpha value is -3.93. The smallest absolute Gasteiger partial charge is 0.254 e. The summed E-state index contributed by atoms with van der Waals surface area (Å²) in [4.78, 5) is 33.5. The minimum atomic E-state index is -0.307. The molecule has 0 atom stereocenters. The molecule has 1 heterocycles. The summed E-state index contributed by atoms with van der Waals surface area (Å²) in [5.41, 5.74) is 3.64. The molecular formula is C29H28FN3O2. The molecule has 0 saturated heterocycles. The zero-order valence-electron chi connectivity index (χ0n) is 19.5. The molecule has 1 aliphatic rings. The maximum atomic E-state index is 13.6. The van der Waals surface area contributed by atoms with Crippen molar-refractivity contribution in [3.63, 3.8) is 0 Å². The molecule has 6 heteroatoms. The average molecular weight is 470 g/mol. The number of H-pyrrole nitrogens is 1. The lowest BCUT2D eigenvalue weighted by molar-refractivity contribution is -0.132. The molecule has 0 aliphatic heterocycles. The van der Waals surface area contributed by atoms with Gasteiger partial charge in [-0.15, -0.1) is 0 Å². The fraction of sp³-hybridized carbons (Fsp3) is 0.241. The highest BCUT2D eigenvalue weighted by atomic mass is 19.1. The molecule has 0 spiro atoms. The molecule has 3 aromatic carbocycles. The van der Waals surface area contributed by atoms with Crippen molar-refractivity contribution in [1.82, 2.24) is 14.8 Å². The van der Waals surface area contributed by atoms with Gasteiger partial charge in [0.25, 0.3) is 5.91 Å². The van der Waals surface area contributed by atoms with Crippen LogP contribution < -0.4 is 0 Å². The molecule has 1 aromatic heterocycles. The number of benzene rings is 3. The molecule has 35 heavy (non-hydrogen) atoms. The first-order valence-electron chi connectivity index (χ1n) is 12.0. The van der Waals surface area contributed by atoms with E-state index in [1.54, 1.807) is 34.1 Å². The van der Waals surface area contributed by atoms with Crippen molar-refractivity contribution in [1.29, 1.82) is 0 Å². The lowest BCUT2D eigenvalue weighted by Gasteiger charge is -2.28. The largest absolute Gasteiger partial charge is 0.361 e. The van der Waals surface area contributed by atoms with Gasteiger partial charge < -0.3 is 14.8 Å². The molecule has 2 amide bonds. The van der Waals surface area contributed by atoms with Gasteiger partial charge in [-0.25, -0.2) is 4.39 Å². The van der Waals surface area contributed by atoms with E-state index in [0.29, 0.717) is 25.1 Å². The molecule has 1 aliphatic carbocycles. The second-order valence-electron chi connectivity index (χ2n) is 9.08. The van der Waals surface area contributed by atoms with Crippen molar-refractivity contribution in [3.05, 3.63) is 108 Å². The van der Waals surface area contributed by atoms with Crippen LogP contribution in [-0.2, 0) is 17.8 Å². The van der Waals surface area contributed by atoms with Gasteiger partial charge in [0, 0.05) is 41.8 Å². The summed E-state index contributed by atoms with van der Waals surface area (Å²) in [5.74, 6) is -0.524. The van der Waals surface area contributed by atoms with Crippen LogP contribution in [-0.4, -0.2) is 45.7 Å². The fourth-order valence-corrected chi connectivity index (χ4v) is 4.44. The SMILES string of the molecule is O=C(CN(C(=O)c1ccccc1)C1CC1)N(CCc1c[nH]c2ccccc12)Cc1ccc(F)cc1. The Morgan fingerprint density at radius 3 is 2.37 bits per heavy atom. The second-order valence-corrected chi connectivity index (χ2v) is 9.08. The highest BCUT2D eigenvalue weighted by Crippen LogP contribution is 2.28. The Labute approximate surface area is 204 Å². The van der Waals surface area contributed by atoms with Crippen LogP contribution in [0.1, 0.15) is 34.3 Å². The van der Waals surface area contributed by atoms with Crippen LogP contribution in [0.5, 0.6) is 0 Å². The number of carbonyl (C=O) groups is 2. The summed E-state index contributed by atoms with van der Waals surface area (Å²) in [6.45, 7) is 0.892. The van der Waals surface area contributed by atoms with Crippen molar-refractivity contribution in [2.45, 2.75) is 31.8 Å². The number of fused-ring (bicyclic) bond motifs is 1. The Bertz CT molecular complexity index is 1310. The van der Waals surface area contributed by atoms with Crippen molar-refractivity contribution < 1.29 is 14.0 Å². The first-order valence-corrected chi connectivity index (χ1v) is 12.0. The van der Waals surface area contributed by atoms with E-state index >= 15 is 0 Å². The van der Waals surface area contributed by atoms with Gasteiger partial charge in [-0.2, -0.15) is 0 Å². The van der Waals surface area contributed by atoms with Crippen LogP contribution in [0, 0.1) is 5.82 Å². The predicted molar refractivity (Wildman–Crippen MR) is 134 cm³/mol. The molecule has 1 saturated carbocycles. The van der Waals surface area contributed by atoms with Gasteiger partial charge in [0.1, 0.15) is 12.4 Å². The predicted octanol–water partition coefficient (Wildman–Crippen LogP) is 5.18. The van der Waals surface area contributed by atoms with E-state index in [9.17, 15) is 14.0 Å². The van der Waals surface area contributed by atoms with Crippen molar-refractivity contribution in [2.75, 3.05) is 13.1 Å². The Balaban J connectivity index is 1.35. The number of amides is 2. The molecule has 5 rings (SSSR count). The number of para-hydroxylation sites is 1. The van der Waals surface area contributed by atoms with E-state index in [1.165, 1.54) is 12.1 Å². The van der Waals surface area contributed by atoms with Crippen molar-refractivity contribution in [3.8, 4) is 0 Å². The van der Waals surface area contributed by atoms with Gasteiger partial charge in [-0.1, -0.05) is 48.5 Å². The van der Waals surface area contributed by atoms with E-state index < -0.39 is 0 Å². The first-order chi connectivity index (χ1) is 17.1. The highest BCUT2D eigenvalue weighted by molar-refractivity contribution is 5.97. The Kier molecular flexibility index (Phi) is 6.62. The van der Waals surface area contributed by atoms with Gasteiger partial charge >= 0.3 is 0 Å². The third kappa shape index (κ3) is 5.43. The van der Waals surface area contributed by atoms with Gasteiger partial charge in [-0.05, 0) is 60.7 Å². The van der Waals surface area contributed by atoms with E-state index in [1.807, 2.05) is 42.6 Å². The Morgan fingerprint density at radius 1 is 0.914 bits per heavy atom. The summed E-state index contributed by atoms with van der Waals surface area (Å²) in [5, 5.41) is 1.14. The van der Waals surface area contributed by atoms with Gasteiger partial charge in [0.2, 0.25) is 5.91 Å². The van der Waals surface area contributed by atoms with Crippen LogP contribution in [0.15, 0.2) is 85.1 Å². The summed E-state index contributed by atoms with van der Waals surface area (Å²) in [6, 6.07) is 23.5. The number of rotatable bonds is 9. The molecule has 0 unspecified atom stereocenters. The van der Waals surface area contributed by atoms with E-state index in [4.69, 9.17) is 0 Å². The topological polar surface area (TPSA) is 56.4 Å². The molecule has 0 bridgehead atoms. The summed E-state index contributed by atoms with van der Waals surface area (Å²) in [7, 11) is 0. The second kappa shape index (κ2) is 10.1. The number of halogens is 1. The number of nitrogens with zero attached hydrogens (tertiary/aromatic N) is 2. The zero-order valence-corrected chi connectivity index (χ0v) is 19.5. The van der Waals surface area contributed by atoms with Crippen molar-refractivity contribution in [2.24, 2.45) is 0 Å². The lowest BCUT2D eigenvalue weighted by atomic mass is 10.1. The molecule has 178 valence electrons. The number of hydrogen-bond donors (Lipinski definition) is 1. The third-order valence-corrected chi connectivity index (χ3v) is 6.54. The highest BCUT2D eigenvalue weighted by Gasteiger charge is 2.35. The maximum Gasteiger partial charge on any atom is 0.254 e. The fourth-order valence-electron chi connectivity index (χ4n) is 4.44. The molecule has 1 N–H and O–H groups in total. The zero-order chi connectivity index (χ0) is 24.2. The molecule has 4 aromatic rings. The van der Waals surface area contributed by atoms with Crippen LogP contribution in [0.4, 0.5) is 4.39 Å². The number of hydrogen-bond acceptors (Lipinski definition) is 2. The average Bonchev–Trinajstić information content (AvgIpc) is 3.65. The van der Waals surface area contributed by atoms with Gasteiger partial charge in [0.05, 0.1) is 0 Å². The van der Waals surface area contributed by atoms with E-state index in [0.717, 1.165) is 34.9 Å².